The summed E-state index contributed by atoms with van der Waals surface area (Å²) in [5.41, 5.74) is 0. The van der Waals surface area contributed by atoms with E-state index in [0.29, 0.717) is 6.54 Å². The van der Waals surface area contributed by atoms with Gasteiger partial charge < -0.3 is 15.3 Å². The van der Waals surface area contributed by atoms with Crippen molar-refractivity contribution in [1.29, 1.82) is 0 Å². The molecular formula is C13H22N4O. The summed E-state index contributed by atoms with van der Waals surface area (Å²) >= 11 is 0. The first-order valence-electron chi connectivity index (χ1n) is 6.71. The number of aryl methyl sites for hydroxylation is 1. The first-order valence-corrected chi connectivity index (χ1v) is 6.71. The van der Waals surface area contributed by atoms with E-state index >= 15 is 0 Å². The van der Waals surface area contributed by atoms with Gasteiger partial charge in [0.15, 0.2) is 0 Å². The topological polar surface area (TPSA) is 61.3 Å². The molecule has 100 valence electrons. The molecule has 2 rings (SSSR count). The molecule has 0 aromatic carbocycles. The maximum absolute atomic E-state index is 9.74. The van der Waals surface area contributed by atoms with Crippen LogP contribution in [0.4, 0.5) is 11.6 Å². The molecule has 1 aromatic rings. The second-order valence-electron chi connectivity index (χ2n) is 4.77. The zero-order valence-electron chi connectivity index (χ0n) is 11.2. The lowest BCUT2D eigenvalue weighted by atomic mass is 10.1. The van der Waals surface area contributed by atoms with E-state index in [1.807, 2.05) is 13.1 Å². The second-order valence-corrected chi connectivity index (χ2v) is 4.77. The van der Waals surface area contributed by atoms with E-state index in [1.54, 1.807) is 0 Å². The summed E-state index contributed by atoms with van der Waals surface area (Å²) < 4.78 is 0. The SMILES string of the molecule is CCCc1nc(NC)cc(N2CCCC(O)C2)n1. The molecule has 0 aliphatic carbocycles. The molecule has 5 heteroatoms. The molecule has 0 spiro atoms. The smallest absolute Gasteiger partial charge is 0.134 e. The Kier molecular flexibility index (Phi) is 4.36. The minimum absolute atomic E-state index is 0.235. The molecule has 0 radical (unpaired) electrons. The number of nitrogens with zero attached hydrogens (tertiary/aromatic N) is 3. The van der Waals surface area contributed by atoms with Gasteiger partial charge in [-0.1, -0.05) is 6.92 Å². The van der Waals surface area contributed by atoms with Gasteiger partial charge in [-0.15, -0.1) is 0 Å². The van der Waals surface area contributed by atoms with Crippen LogP contribution in [-0.2, 0) is 6.42 Å². The van der Waals surface area contributed by atoms with Gasteiger partial charge in [0.2, 0.25) is 0 Å². The highest BCUT2D eigenvalue weighted by Crippen LogP contribution is 2.20. The zero-order valence-corrected chi connectivity index (χ0v) is 11.2. The molecule has 1 atom stereocenters. The fourth-order valence-electron chi connectivity index (χ4n) is 2.27. The van der Waals surface area contributed by atoms with E-state index in [2.05, 4.69) is 27.1 Å². The maximum atomic E-state index is 9.74. The van der Waals surface area contributed by atoms with Crippen molar-refractivity contribution in [1.82, 2.24) is 9.97 Å². The normalized spacial score (nSPS) is 19.9. The molecule has 0 amide bonds. The molecule has 1 fully saturated rings. The number of aromatic nitrogens is 2. The molecule has 1 aromatic heterocycles. The average Bonchev–Trinajstić information content (AvgIpc) is 2.39. The molecule has 18 heavy (non-hydrogen) atoms. The van der Waals surface area contributed by atoms with Gasteiger partial charge in [-0.2, -0.15) is 0 Å². The molecule has 1 aliphatic rings. The highest BCUT2D eigenvalue weighted by molar-refractivity contribution is 5.49. The highest BCUT2D eigenvalue weighted by atomic mass is 16.3. The Bertz CT molecular complexity index is 397. The number of anilines is 2. The van der Waals surface area contributed by atoms with Gasteiger partial charge in [-0.3, -0.25) is 0 Å². The van der Waals surface area contributed by atoms with Crippen LogP contribution < -0.4 is 10.2 Å². The quantitative estimate of drug-likeness (QED) is 0.846. The van der Waals surface area contributed by atoms with Gasteiger partial charge in [0.05, 0.1) is 6.10 Å². The van der Waals surface area contributed by atoms with Crippen molar-refractivity contribution in [2.45, 2.75) is 38.7 Å². The number of piperidine rings is 1. The van der Waals surface area contributed by atoms with Crippen molar-refractivity contribution in [2.75, 3.05) is 30.4 Å². The van der Waals surface area contributed by atoms with Crippen molar-refractivity contribution in [3.63, 3.8) is 0 Å². The Morgan fingerprint density at radius 3 is 3.00 bits per heavy atom. The summed E-state index contributed by atoms with van der Waals surface area (Å²) in [7, 11) is 1.87. The van der Waals surface area contributed by atoms with Crippen LogP contribution in [0.25, 0.3) is 0 Å². The summed E-state index contributed by atoms with van der Waals surface area (Å²) in [6.45, 7) is 3.76. The number of hydrogen-bond acceptors (Lipinski definition) is 5. The third-order valence-electron chi connectivity index (χ3n) is 3.21. The predicted octanol–water partition coefficient (Wildman–Crippen LogP) is 1.43. The number of aliphatic hydroxyl groups excluding tert-OH is 1. The lowest BCUT2D eigenvalue weighted by Crippen LogP contribution is -2.38. The number of aliphatic hydroxyl groups is 1. The predicted molar refractivity (Wildman–Crippen MR) is 73.0 cm³/mol. The van der Waals surface area contributed by atoms with Crippen molar-refractivity contribution in [2.24, 2.45) is 0 Å². The number of β-amino-alcohol motifs (C(OH)–C–C–N with tert-alkyl or cyclic N) is 1. The number of rotatable bonds is 4. The van der Waals surface area contributed by atoms with Crippen LogP contribution in [-0.4, -0.2) is 41.3 Å². The monoisotopic (exact) mass is 250 g/mol. The molecule has 2 N–H and O–H groups in total. The van der Waals surface area contributed by atoms with E-state index < -0.39 is 0 Å². The van der Waals surface area contributed by atoms with Crippen molar-refractivity contribution in [3.8, 4) is 0 Å². The minimum atomic E-state index is -0.235. The number of hydrogen-bond donors (Lipinski definition) is 2. The van der Waals surface area contributed by atoms with E-state index in [0.717, 1.165) is 49.7 Å². The van der Waals surface area contributed by atoms with Gasteiger partial charge in [0.25, 0.3) is 0 Å². The molecule has 5 nitrogen and oxygen atoms in total. The molecule has 0 bridgehead atoms. The Balaban J connectivity index is 2.22. The average molecular weight is 250 g/mol. The second kappa shape index (κ2) is 6.00. The third-order valence-corrected chi connectivity index (χ3v) is 3.21. The van der Waals surface area contributed by atoms with Crippen LogP contribution in [0.1, 0.15) is 32.0 Å². The molecular weight excluding hydrogens is 228 g/mol. The van der Waals surface area contributed by atoms with Gasteiger partial charge >= 0.3 is 0 Å². The first-order chi connectivity index (χ1) is 8.72. The van der Waals surface area contributed by atoms with E-state index in [1.165, 1.54) is 0 Å². The van der Waals surface area contributed by atoms with Gasteiger partial charge in [0, 0.05) is 32.6 Å². The van der Waals surface area contributed by atoms with Gasteiger partial charge in [0.1, 0.15) is 17.5 Å². The van der Waals surface area contributed by atoms with Crippen molar-refractivity contribution < 1.29 is 5.11 Å². The van der Waals surface area contributed by atoms with Crippen LogP contribution >= 0.6 is 0 Å². The Morgan fingerprint density at radius 1 is 1.50 bits per heavy atom. The number of nitrogens with one attached hydrogen (secondary N) is 1. The van der Waals surface area contributed by atoms with Crippen LogP contribution in [0.3, 0.4) is 0 Å². The Morgan fingerprint density at radius 2 is 2.33 bits per heavy atom. The Hall–Kier alpha value is -1.36. The molecule has 0 saturated carbocycles. The summed E-state index contributed by atoms with van der Waals surface area (Å²) in [5.74, 6) is 2.65. The fourth-order valence-corrected chi connectivity index (χ4v) is 2.27. The molecule has 1 aliphatic heterocycles. The van der Waals surface area contributed by atoms with Crippen molar-refractivity contribution >= 4 is 11.6 Å². The maximum Gasteiger partial charge on any atom is 0.134 e. The first kappa shape index (κ1) is 13.1. The summed E-state index contributed by atoms with van der Waals surface area (Å²) in [6.07, 6.45) is 3.60. The standard InChI is InChI=1S/C13H22N4O/c1-3-5-11-15-12(14-2)8-13(16-11)17-7-4-6-10(18)9-17/h8,10,18H,3-7,9H2,1-2H3,(H,14,15,16). The van der Waals surface area contributed by atoms with Crippen LogP contribution in [0.15, 0.2) is 6.07 Å². The van der Waals surface area contributed by atoms with Gasteiger partial charge in [-0.05, 0) is 19.3 Å². The van der Waals surface area contributed by atoms with Crippen LogP contribution in [0, 0.1) is 0 Å². The summed E-state index contributed by atoms with van der Waals surface area (Å²) in [4.78, 5) is 11.2. The summed E-state index contributed by atoms with van der Waals surface area (Å²) in [6, 6.07) is 1.96. The lowest BCUT2D eigenvalue weighted by Gasteiger charge is -2.31. The fraction of sp³-hybridized carbons (Fsp3) is 0.692. The van der Waals surface area contributed by atoms with E-state index in [4.69, 9.17) is 0 Å². The molecule has 1 unspecified atom stereocenters. The third kappa shape index (κ3) is 3.10. The van der Waals surface area contributed by atoms with Crippen LogP contribution in [0.5, 0.6) is 0 Å². The molecule has 1 saturated heterocycles. The lowest BCUT2D eigenvalue weighted by molar-refractivity contribution is 0.154. The van der Waals surface area contributed by atoms with Crippen molar-refractivity contribution in [3.05, 3.63) is 11.9 Å². The minimum Gasteiger partial charge on any atom is -0.391 e. The van der Waals surface area contributed by atoms with Crippen LogP contribution in [0.2, 0.25) is 0 Å². The zero-order chi connectivity index (χ0) is 13.0. The largest absolute Gasteiger partial charge is 0.391 e. The Labute approximate surface area is 108 Å². The van der Waals surface area contributed by atoms with E-state index in [-0.39, 0.29) is 6.10 Å². The van der Waals surface area contributed by atoms with E-state index in [9.17, 15) is 5.11 Å². The summed E-state index contributed by atoms with van der Waals surface area (Å²) in [5, 5.41) is 12.8. The molecule has 2 heterocycles. The van der Waals surface area contributed by atoms with Gasteiger partial charge in [-0.25, -0.2) is 9.97 Å². The highest BCUT2D eigenvalue weighted by Gasteiger charge is 2.19.